The van der Waals surface area contributed by atoms with Gasteiger partial charge in [0.15, 0.2) is 9.84 Å². The van der Waals surface area contributed by atoms with Crippen molar-refractivity contribution in [3.05, 3.63) is 0 Å². The van der Waals surface area contributed by atoms with E-state index < -0.39 is 9.84 Å². The van der Waals surface area contributed by atoms with Crippen molar-refractivity contribution in [1.82, 2.24) is 10.2 Å². The van der Waals surface area contributed by atoms with Crippen LogP contribution in [0.1, 0.15) is 47.5 Å². The molecule has 1 aliphatic heterocycles. The molecule has 0 radical (unpaired) electrons. The third-order valence-corrected chi connectivity index (χ3v) is 6.96. The Morgan fingerprint density at radius 2 is 1.90 bits per heavy atom. The smallest absolute Gasteiger partial charge is 0.151 e. The summed E-state index contributed by atoms with van der Waals surface area (Å²) < 4.78 is 23.7. The highest BCUT2D eigenvalue weighted by Crippen LogP contribution is 2.42. The monoisotopic (exact) mass is 316 g/mol. The van der Waals surface area contributed by atoms with E-state index >= 15 is 0 Å². The fourth-order valence-corrected chi connectivity index (χ4v) is 4.33. The molecular weight excluding hydrogens is 284 g/mol. The van der Waals surface area contributed by atoms with Crippen molar-refractivity contribution >= 4 is 9.84 Å². The summed E-state index contributed by atoms with van der Waals surface area (Å²) in [5.41, 5.74) is 0.325. The zero-order valence-electron chi connectivity index (χ0n) is 14.3. The molecule has 0 aromatic carbocycles. The van der Waals surface area contributed by atoms with Gasteiger partial charge in [-0.3, -0.25) is 4.90 Å². The van der Waals surface area contributed by atoms with Gasteiger partial charge < -0.3 is 5.32 Å². The second kappa shape index (κ2) is 5.82. The summed E-state index contributed by atoms with van der Waals surface area (Å²) >= 11 is 0. The Bertz CT molecular complexity index is 465. The molecule has 5 heteroatoms. The molecule has 2 fully saturated rings. The third kappa shape index (κ3) is 4.20. The van der Waals surface area contributed by atoms with Crippen LogP contribution in [0.15, 0.2) is 0 Å². The van der Waals surface area contributed by atoms with Gasteiger partial charge in [0.25, 0.3) is 0 Å². The van der Waals surface area contributed by atoms with Crippen LogP contribution in [-0.4, -0.2) is 56.0 Å². The number of rotatable bonds is 5. The first-order chi connectivity index (χ1) is 9.57. The minimum absolute atomic E-state index is 0.161. The van der Waals surface area contributed by atoms with Crippen molar-refractivity contribution in [2.24, 2.45) is 11.3 Å². The van der Waals surface area contributed by atoms with Crippen LogP contribution in [0.4, 0.5) is 0 Å². The van der Waals surface area contributed by atoms with E-state index in [4.69, 9.17) is 0 Å². The van der Waals surface area contributed by atoms with Crippen LogP contribution in [0.3, 0.4) is 0 Å². The fourth-order valence-electron chi connectivity index (χ4n) is 3.53. The molecule has 2 unspecified atom stereocenters. The molecule has 0 aromatic rings. The highest BCUT2D eigenvalue weighted by molar-refractivity contribution is 7.91. The van der Waals surface area contributed by atoms with E-state index in [1.807, 2.05) is 0 Å². The molecule has 1 saturated heterocycles. The lowest BCUT2D eigenvalue weighted by atomic mass is 9.81. The van der Waals surface area contributed by atoms with Gasteiger partial charge in [0.2, 0.25) is 0 Å². The van der Waals surface area contributed by atoms with Crippen molar-refractivity contribution in [2.75, 3.05) is 31.1 Å². The summed E-state index contributed by atoms with van der Waals surface area (Å²) in [6, 6.07) is 0.399. The van der Waals surface area contributed by atoms with Crippen LogP contribution in [0.5, 0.6) is 0 Å². The lowest BCUT2D eigenvalue weighted by Crippen LogP contribution is -2.67. The highest BCUT2D eigenvalue weighted by Gasteiger charge is 2.47. The molecule has 4 nitrogen and oxygen atoms in total. The van der Waals surface area contributed by atoms with Gasteiger partial charge in [-0.05, 0) is 31.1 Å². The van der Waals surface area contributed by atoms with Gasteiger partial charge in [0, 0.05) is 37.0 Å². The molecule has 2 atom stereocenters. The molecule has 21 heavy (non-hydrogen) atoms. The standard InChI is InChI=1S/C16H32N2O2S/c1-6-21(19,20)10-9-18-12-16(5,13-7-8-13)17-11-14(18)15(2,3)4/h13-14,17H,6-12H2,1-5H3. The van der Waals surface area contributed by atoms with Crippen molar-refractivity contribution in [3.63, 3.8) is 0 Å². The quantitative estimate of drug-likeness (QED) is 0.842. The maximum Gasteiger partial charge on any atom is 0.151 e. The van der Waals surface area contributed by atoms with E-state index in [0.29, 0.717) is 12.6 Å². The number of hydrogen-bond donors (Lipinski definition) is 1. The first-order valence-corrected chi connectivity index (χ1v) is 10.1. The minimum Gasteiger partial charge on any atom is -0.308 e. The SMILES string of the molecule is CCS(=O)(=O)CCN1CC(C)(C2CC2)NCC1C(C)(C)C. The van der Waals surface area contributed by atoms with Crippen molar-refractivity contribution in [3.8, 4) is 0 Å². The zero-order valence-corrected chi connectivity index (χ0v) is 15.1. The van der Waals surface area contributed by atoms with Crippen molar-refractivity contribution in [1.29, 1.82) is 0 Å². The normalized spacial score (nSPS) is 32.3. The summed E-state index contributed by atoms with van der Waals surface area (Å²) in [5, 5.41) is 3.76. The van der Waals surface area contributed by atoms with E-state index in [2.05, 4.69) is 37.9 Å². The van der Waals surface area contributed by atoms with E-state index in [-0.39, 0.29) is 22.5 Å². The zero-order chi connectivity index (χ0) is 15.9. The first-order valence-electron chi connectivity index (χ1n) is 8.27. The molecular formula is C16H32N2O2S. The predicted molar refractivity (Wildman–Crippen MR) is 88.3 cm³/mol. The van der Waals surface area contributed by atoms with E-state index in [1.165, 1.54) is 12.8 Å². The molecule has 0 aromatic heterocycles. The Labute approximate surface area is 130 Å². The van der Waals surface area contributed by atoms with Gasteiger partial charge in [-0.25, -0.2) is 8.42 Å². The molecule has 1 heterocycles. The van der Waals surface area contributed by atoms with Gasteiger partial charge in [0.1, 0.15) is 0 Å². The van der Waals surface area contributed by atoms with Crippen LogP contribution in [-0.2, 0) is 9.84 Å². The lowest BCUT2D eigenvalue weighted by molar-refractivity contribution is 0.0248. The average Bonchev–Trinajstić information content (AvgIpc) is 3.20. The number of nitrogens with zero attached hydrogens (tertiary/aromatic N) is 1. The Morgan fingerprint density at radius 3 is 2.38 bits per heavy atom. The Hall–Kier alpha value is -0.130. The van der Waals surface area contributed by atoms with Gasteiger partial charge in [0.05, 0.1) is 5.75 Å². The Kier molecular flexibility index (Phi) is 4.77. The van der Waals surface area contributed by atoms with Crippen LogP contribution in [0.25, 0.3) is 0 Å². The molecule has 1 saturated carbocycles. The molecule has 0 amide bonds. The third-order valence-electron chi connectivity index (χ3n) is 5.28. The lowest BCUT2D eigenvalue weighted by Gasteiger charge is -2.51. The van der Waals surface area contributed by atoms with Crippen LogP contribution >= 0.6 is 0 Å². The predicted octanol–water partition coefficient (Wildman–Crippen LogP) is 1.91. The second-order valence-electron chi connectivity index (χ2n) is 8.16. The van der Waals surface area contributed by atoms with Crippen LogP contribution in [0, 0.1) is 11.3 Å². The number of nitrogens with one attached hydrogen (secondary N) is 1. The maximum absolute atomic E-state index is 11.9. The summed E-state index contributed by atoms with van der Waals surface area (Å²) in [5.74, 6) is 1.31. The second-order valence-corrected chi connectivity index (χ2v) is 10.6. The van der Waals surface area contributed by atoms with E-state index in [9.17, 15) is 8.42 Å². The average molecular weight is 317 g/mol. The number of hydrogen-bond acceptors (Lipinski definition) is 4. The fraction of sp³-hybridized carbons (Fsp3) is 1.00. The first kappa shape index (κ1) is 17.2. The molecule has 1 N–H and O–H groups in total. The largest absolute Gasteiger partial charge is 0.308 e. The minimum atomic E-state index is -2.89. The van der Waals surface area contributed by atoms with Crippen molar-refractivity contribution in [2.45, 2.75) is 59.0 Å². The molecule has 2 aliphatic rings. The van der Waals surface area contributed by atoms with Crippen LogP contribution in [0.2, 0.25) is 0 Å². The molecule has 2 rings (SSSR count). The molecule has 0 spiro atoms. The van der Waals surface area contributed by atoms with Gasteiger partial charge in [-0.1, -0.05) is 27.7 Å². The summed E-state index contributed by atoms with van der Waals surface area (Å²) in [7, 11) is -2.89. The Morgan fingerprint density at radius 1 is 1.29 bits per heavy atom. The highest BCUT2D eigenvalue weighted by atomic mass is 32.2. The van der Waals surface area contributed by atoms with Crippen molar-refractivity contribution < 1.29 is 8.42 Å². The Balaban J connectivity index is 2.09. The molecule has 1 aliphatic carbocycles. The maximum atomic E-state index is 11.9. The topological polar surface area (TPSA) is 49.4 Å². The number of sulfone groups is 1. The van der Waals surface area contributed by atoms with Gasteiger partial charge >= 0.3 is 0 Å². The van der Waals surface area contributed by atoms with Gasteiger partial charge in [-0.15, -0.1) is 0 Å². The molecule has 0 bridgehead atoms. The van der Waals surface area contributed by atoms with E-state index in [0.717, 1.165) is 19.0 Å². The van der Waals surface area contributed by atoms with E-state index in [1.54, 1.807) is 6.92 Å². The summed E-state index contributed by atoms with van der Waals surface area (Å²) in [4.78, 5) is 2.43. The van der Waals surface area contributed by atoms with Crippen LogP contribution < -0.4 is 5.32 Å². The van der Waals surface area contributed by atoms with Gasteiger partial charge in [-0.2, -0.15) is 0 Å². The summed E-state index contributed by atoms with van der Waals surface area (Å²) in [6.07, 6.45) is 2.62. The summed E-state index contributed by atoms with van der Waals surface area (Å²) in [6.45, 7) is 13.4. The number of piperazine rings is 1. The molecule has 124 valence electrons.